The molecule has 1 saturated carbocycles. The van der Waals surface area contributed by atoms with Crippen molar-refractivity contribution in [2.75, 3.05) is 13.1 Å². The molecule has 0 spiro atoms. The van der Waals surface area contributed by atoms with E-state index < -0.39 is 0 Å². The average molecular weight is 414 g/mol. The smallest absolute Gasteiger partial charge is 0 e. The average Bonchev–Trinajstić information content (AvgIpc) is 2.11. The largest absolute Gasteiger partial charge is 0.320 e. The second-order valence-electron chi connectivity index (χ2n) is 3.24. The standard InChI is InChI=1S/C7H13NP.H3P.U/c9-8-4-6-1-2-7(3-6)5-8;;/h3,6-7H,1-2,4-5,9H2;1H3;/q-1;;. The van der Waals surface area contributed by atoms with E-state index in [1.165, 1.54) is 25.9 Å². The van der Waals surface area contributed by atoms with E-state index in [-0.39, 0.29) is 41.0 Å². The van der Waals surface area contributed by atoms with E-state index in [0.717, 1.165) is 11.8 Å². The number of hydrogen-bond acceptors (Lipinski definition) is 1. The van der Waals surface area contributed by atoms with Crippen LogP contribution in [0.4, 0.5) is 0 Å². The summed E-state index contributed by atoms with van der Waals surface area (Å²) in [6, 6.07) is 0. The van der Waals surface area contributed by atoms with Crippen LogP contribution in [0.25, 0.3) is 0 Å². The van der Waals surface area contributed by atoms with Crippen LogP contribution in [-0.4, -0.2) is 17.8 Å². The van der Waals surface area contributed by atoms with Crippen LogP contribution >= 0.6 is 19.3 Å². The number of piperidine rings is 1. The van der Waals surface area contributed by atoms with Crippen LogP contribution in [0.2, 0.25) is 0 Å². The van der Waals surface area contributed by atoms with Crippen molar-refractivity contribution in [3.05, 3.63) is 6.42 Å². The summed E-state index contributed by atoms with van der Waals surface area (Å²) in [6.45, 7) is 2.56. The molecule has 0 aromatic carbocycles. The summed E-state index contributed by atoms with van der Waals surface area (Å²) in [4.78, 5) is 0. The molecule has 1 aliphatic heterocycles. The zero-order chi connectivity index (χ0) is 6.27. The van der Waals surface area contributed by atoms with Crippen LogP contribution in [0, 0.1) is 49.4 Å². The van der Waals surface area contributed by atoms with Gasteiger partial charge in [-0.25, -0.2) is 0 Å². The third-order valence-electron chi connectivity index (χ3n) is 2.39. The molecule has 0 aromatic heterocycles. The van der Waals surface area contributed by atoms with Crippen LogP contribution in [0.5, 0.6) is 0 Å². The molecular weight excluding hydrogens is 398 g/mol. The maximum atomic E-state index is 2.81. The number of hydrogen-bond donors (Lipinski definition) is 0. The Morgan fingerprint density at radius 1 is 1.18 bits per heavy atom. The zero-order valence-electron chi connectivity index (χ0n) is 6.79. The van der Waals surface area contributed by atoms with Crippen LogP contribution in [0.15, 0.2) is 0 Å². The third kappa shape index (κ3) is 3.25. The molecule has 2 fully saturated rings. The quantitative estimate of drug-likeness (QED) is 0.428. The molecule has 1 heterocycles. The van der Waals surface area contributed by atoms with Gasteiger partial charge in [0.1, 0.15) is 0 Å². The Morgan fingerprint density at radius 3 is 2.09 bits per heavy atom. The Kier molecular flexibility index (Phi) is 6.52. The van der Waals surface area contributed by atoms with Gasteiger partial charge in [0.05, 0.1) is 0 Å². The van der Waals surface area contributed by atoms with E-state index in [2.05, 4.69) is 20.5 Å². The zero-order valence-corrected chi connectivity index (χ0v) is 13.5. The van der Waals surface area contributed by atoms with Crippen molar-refractivity contribution in [2.45, 2.75) is 12.8 Å². The second kappa shape index (κ2) is 5.57. The van der Waals surface area contributed by atoms with Crippen LogP contribution in [0.1, 0.15) is 12.8 Å². The molecule has 0 radical (unpaired) electrons. The molecule has 2 rings (SSSR count). The third-order valence-corrected chi connectivity index (χ3v) is 2.81. The molecule has 0 amide bonds. The van der Waals surface area contributed by atoms with Crippen molar-refractivity contribution in [1.29, 1.82) is 0 Å². The minimum Gasteiger partial charge on any atom is -0.320 e. The Morgan fingerprint density at radius 2 is 1.64 bits per heavy atom. The summed E-state index contributed by atoms with van der Waals surface area (Å²) in [6.07, 6.45) is 5.42. The summed E-state index contributed by atoms with van der Waals surface area (Å²) in [7, 11) is 2.81. The minimum atomic E-state index is 0. The molecule has 4 unspecified atom stereocenters. The first-order valence-electron chi connectivity index (χ1n) is 3.69. The summed E-state index contributed by atoms with van der Waals surface area (Å²) >= 11 is 0. The Balaban J connectivity index is 0.000000500. The van der Waals surface area contributed by atoms with Gasteiger partial charge in [0, 0.05) is 31.1 Å². The number of fused-ring (bicyclic) bond motifs is 2. The van der Waals surface area contributed by atoms with Gasteiger partial charge in [0.2, 0.25) is 0 Å². The fourth-order valence-corrected chi connectivity index (χ4v) is 2.53. The molecule has 4 atom stereocenters. The van der Waals surface area contributed by atoms with Crippen LogP contribution in [-0.2, 0) is 0 Å². The van der Waals surface area contributed by atoms with Gasteiger partial charge >= 0.3 is 0 Å². The van der Waals surface area contributed by atoms with Crippen molar-refractivity contribution < 1.29 is 31.1 Å². The van der Waals surface area contributed by atoms with Gasteiger partial charge in [-0.15, -0.1) is 0 Å². The molecule has 1 nitrogen and oxygen atoms in total. The van der Waals surface area contributed by atoms with Gasteiger partial charge < -0.3 is 6.42 Å². The van der Waals surface area contributed by atoms with E-state index in [4.69, 9.17) is 0 Å². The Hall–Kier alpha value is 1.87. The Bertz CT molecular complexity index is 111. The molecule has 0 aromatic rings. The summed E-state index contributed by atoms with van der Waals surface area (Å²) in [5, 5.41) is 0. The van der Waals surface area contributed by atoms with Gasteiger partial charge in [0.15, 0.2) is 0 Å². The molecular formula is C7H16NP2U-. The van der Waals surface area contributed by atoms with Crippen molar-refractivity contribution in [1.82, 2.24) is 4.67 Å². The summed E-state index contributed by atoms with van der Waals surface area (Å²) < 4.78 is 2.38. The molecule has 1 aliphatic carbocycles. The van der Waals surface area contributed by atoms with Gasteiger partial charge in [-0.2, -0.15) is 21.7 Å². The van der Waals surface area contributed by atoms with E-state index in [1.54, 1.807) is 0 Å². The summed E-state index contributed by atoms with van der Waals surface area (Å²) in [5.74, 6) is 1.84. The molecule has 11 heavy (non-hydrogen) atoms. The van der Waals surface area contributed by atoms with Gasteiger partial charge in [-0.3, -0.25) is 4.67 Å². The van der Waals surface area contributed by atoms with Crippen molar-refractivity contribution in [2.24, 2.45) is 11.8 Å². The Labute approximate surface area is 98.7 Å². The normalized spacial score (nSPS) is 35.7. The molecule has 2 aliphatic rings. The molecule has 4 heteroatoms. The SMILES string of the molecule is P.PN1CC2[CH-]C(CC2)C1.[U]. The number of rotatable bonds is 0. The maximum Gasteiger partial charge on any atom is 0 e. The van der Waals surface area contributed by atoms with Crippen LogP contribution < -0.4 is 0 Å². The fourth-order valence-electron chi connectivity index (χ4n) is 1.99. The van der Waals surface area contributed by atoms with Gasteiger partial charge in [-0.1, -0.05) is 22.2 Å². The van der Waals surface area contributed by atoms with Crippen molar-refractivity contribution >= 4 is 19.3 Å². The predicted molar refractivity (Wildman–Crippen MR) is 52.9 cm³/mol. The first-order valence-corrected chi connectivity index (χ1v) is 4.21. The van der Waals surface area contributed by atoms with E-state index in [1.807, 2.05) is 0 Å². The topological polar surface area (TPSA) is 3.24 Å². The van der Waals surface area contributed by atoms with Crippen molar-refractivity contribution in [3.63, 3.8) is 0 Å². The van der Waals surface area contributed by atoms with Gasteiger partial charge in [0.25, 0.3) is 0 Å². The van der Waals surface area contributed by atoms with E-state index in [0.29, 0.717) is 0 Å². The molecule has 1 saturated heterocycles. The summed E-state index contributed by atoms with van der Waals surface area (Å²) in [5.41, 5.74) is 0. The second-order valence-corrected chi connectivity index (χ2v) is 3.97. The van der Waals surface area contributed by atoms with Crippen molar-refractivity contribution in [3.8, 4) is 0 Å². The maximum absolute atomic E-state index is 2.81. The van der Waals surface area contributed by atoms with Crippen LogP contribution in [0.3, 0.4) is 0 Å². The fraction of sp³-hybridized carbons (Fsp3) is 0.857. The van der Waals surface area contributed by atoms with E-state index >= 15 is 0 Å². The molecule has 2 bridgehead atoms. The monoisotopic (exact) mass is 414 g/mol. The number of nitrogens with zero attached hydrogens (tertiary/aromatic N) is 1. The first kappa shape index (κ1) is 12.9. The van der Waals surface area contributed by atoms with Gasteiger partial charge in [-0.05, 0) is 13.1 Å². The minimum absolute atomic E-state index is 0. The predicted octanol–water partition coefficient (Wildman–Crippen LogP) is 1.38. The molecule has 0 N–H and O–H groups in total. The first-order chi connectivity index (χ1) is 4.34. The van der Waals surface area contributed by atoms with E-state index in [9.17, 15) is 0 Å². The molecule has 64 valence electrons.